The molecule has 3 rings (SSSR count). The summed E-state index contributed by atoms with van der Waals surface area (Å²) in [5, 5.41) is 4.32. The van der Waals surface area contributed by atoms with E-state index < -0.39 is 28.9 Å². The predicted molar refractivity (Wildman–Crippen MR) is 80.0 cm³/mol. The van der Waals surface area contributed by atoms with E-state index in [-0.39, 0.29) is 12.6 Å². The molecular weight excluding hydrogens is 321 g/mol. The summed E-state index contributed by atoms with van der Waals surface area (Å²) in [4.78, 5) is 18.1. The van der Waals surface area contributed by atoms with Crippen molar-refractivity contribution in [2.45, 2.75) is 32.7 Å². The SMILES string of the molecule is Cc1nc(C)n(C2CCCN(C(=O)c3c(F)cc(F)cc3F)C2)n1. The monoisotopic (exact) mass is 338 g/mol. The van der Waals surface area contributed by atoms with Crippen LogP contribution in [0, 0.1) is 31.3 Å². The van der Waals surface area contributed by atoms with E-state index in [4.69, 9.17) is 0 Å². The zero-order chi connectivity index (χ0) is 17.4. The maximum absolute atomic E-state index is 13.8. The van der Waals surface area contributed by atoms with Crippen LogP contribution in [-0.2, 0) is 0 Å². The van der Waals surface area contributed by atoms with Gasteiger partial charge < -0.3 is 4.90 Å². The lowest BCUT2D eigenvalue weighted by Gasteiger charge is -2.33. The van der Waals surface area contributed by atoms with E-state index in [1.807, 2.05) is 6.92 Å². The molecule has 24 heavy (non-hydrogen) atoms. The highest BCUT2D eigenvalue weighted by atomic mass is 19.1. The van der Waals surface area contributed by atoms with Crippen LogP contribution in [0.3, 0.4) is 0 Å². The van der Waals surface area contributed by atoms with Crippen LogP contribution in [0.2, 0.25) is 0 Å². The molecular formula is C16H17F3N4O. The number of hydrogen-bond acceptors (Lipinski definition) is 3. The van der Waals surface area contributed by atoms with Crippen LogP contribution in [0.15, 0.2) is 12.1 Å². The molecule has 5 nitrogen and oxygen atoms in total. The van der Waals surface area contributed by atoms with Gasteiger partial charge in [0.05, 0.1) is 6.04 Å². The zero-order valence-corrected chi connectivity index (χ0v) is 13.4. The van der Waals surface area contributed by atoms with Crippen molar-refractivity contribution in [2.75, 3.05) is 13.1 Å². The molecule has 1 amide bonds. The van der Waals surface area contributed by atoms with Crippen LogP contribution in [0.4, 0.5) is 13.2 Å². The summed E-state index contributed by atoms with van der Waals surface area (Å²) in [7, 11) is 0. The third-order valence-corrected chi connectivity index (χ3v) is 4.16. The fraction of sp³-hybridized carbons (Fsp3) is 0.438. The Balaban J connectivity index is 1.85. The molecule has 0 bridgehead atoms. The summed E-state index contributed by atoms with van der Waals surface area (Å²) in [5.41, 5.74) is -0.719. The van der Waals surface area contributed by atoms with Crippen molar-refractivity contribution < 1.29 is 18.0 Å². The van der Waals surface area contributed by atoms with E-state index >= 15 is 0 Å². The van der Waals surface area contributed by atoms with Crippen LogP contribution in [0.5, 0.6) is 0 Å². The number of piperidine rings is 1. The number of aryl methyl sites for hydroxylation is 2. The number of halogens is 3. The third-order valence-electron chi connectivity index (χ3n) is 4.16. The predicted octanol–water partition coefficient (Wildman–Crippen LogP) is 2.79. The molecule has 1 atom stereocenters. The fourth-order valence-corrected chi connectivity index (χ4v) is 3.13. The molecule has 1 aliphatic heterocycles. The van der Waals surface area contributed by atoms with Crippen molar-refractivity contribution in [3.05, 3.63) is 46.8 Å². The first kappa shape index (κ1) is 16.5. The highest BCUT2D eigenvalue weighted by Gasteiger charge is 2.30. The Bertz CT molecular complexity index is 767. The molecule has 1 unspecified atom stereocenters. The van der Waals surface area contributed by atoms with Crippen LogP contribution in [0.1, 0.15) is 40.9 Å². The molecule has 8 heteroatoms. The van der Waals surface area contributed by atoms with E-state index in [2.05, 4.69) is 10.1 Å². The number of rotatable bonds is 2. The van der Waals surface area contributed by atoms with Gasteiger partial charge >= 0.3 is 0 Å². The van der Waals surface area contributed by atoms with E-state index in [0.717, 1.165) is 12.2 Å². The Morgan fingerprint density at radius 2 is 1.88 bits per heavy atom. The maximum atomic E-state index is 13.8. The summed E-state index contributed by atoms with van der Waals surface area (Å²) in [5.74, 6) is -2.84. The van der Waals surface area contributed by atoms with Crippen LogP contribution in [-0.4, -0.2) is 38.7 Å². The molecule has 1 aromatic heterocycles. The molecule has 1 fully saturated rings. The number of hydrogen-bond donors (Lipinski definition) is 0. The molecule has 0 radical (unpaired) electrons. The summed E-state index contributed by atoms with van der Waals surface area (Å²) in [6.07, 6.45) is 1.47. The Kier molecular flexibility index (Phi) is 4.29. The van der Waals surface area contributed by atoms with Gasteiger partial charge in [-0.2, -0.15) is 5.10 Å². The Morgan fingerprint density at radius 1 is 1.21 bits per heavy atom. The van der Waals surface area contributed by atoms with Gasteiger partial charge in [0.15, 0.2) is 0 Å². The van der Waals surface area contributed by atoms with Gasteiger partial charge in [0.2, 0.25) is 0 Å². The lowest BCUT2D eigenvalue weighted by Crippen LogP contribution is -2.41. The normalized spacial score (nSPS) is 18.0. The van der Waals surface area contributed by atoms with Crippen LogP contribution < -0.4 is 0 Å². The largest absolute Gasteiger partial charge is 0.336 e. The number of nitrogens with zero attached hydrogens (tertiary/aromatic N) is 4. The summed E-state index contributed by atoms with van der Waals surface area (Å²) in [6.45, 7) is 4.26. The number of carbonyl (C=O) groups excluding carboxylic acids is 1. The minimum Gasteiger partial charge on any atom is -0.336 e. The minimum atomic E-state index is -1.19. The van der Waals surface area contributed by atoms with E-state index in [9.17, 15) is 18.0 Å². The van der Waals surface area contributed by atoms with E-state index in [1.165, 1.54) is 4.90 Å². The fourth-order valence-electron chi connectivity index (χ4n) is 3.13. The van der Waals surface area contributed by atoms with Crippen molar-refractivity contribution in [2.24, 2.45) is 0 Å². The van der Waals surface area contributed by atoms with Crippen molar-refractivity contribution >= 4 is 5.91 Å². The lowest BCUT2D eigenvalue weighted by molar-refractivity contribution is 0.0661. The van der Waals surface area contributed by atoms with Crippen molar-refractivity contribution in [1.82, 2.24) is 19.7 Å². The summed E-state index contributed by atoms with van der Waals surface area (Å²) >= 11 is 0. The van der Waals surface area contributed by atoms with E-state index in [0.29, 0.717) is 30.9 Å². The van der Waals surface area contributed by atoms with Gasteiger partial charge in [0, 0.05) is 25.2 Å². The second-order valence-electron chi connectivity index (χ2n) is 5.94. The second kappa shape index (κ2) is 6.26. The summed E-state index contributed by atoms with van der Waals surface area (Å²) < 4.78 is 42.5. The Morgan fingerprint density at radius 3 is 2.46 bits per heavy atom. The number of benzene rings is 1. The van der Waals surface area contributed by atoms with Gasteiger partial charge in [0.1, 0.15) is 34.7 Å². The average Bonchev–Trinajstić information content (AvgIpc) is 2.85. The molecule has 1 saturated heterocycles. The van der Waals surface area contributed by atoms with Crippen molar-refractivity contribution in [1.29, 1.82) is 0 Å². The Labute approximate surface area is 137 Å². The number of carbonyl (C=O) groups is 1. The molecule has 0 N–H and O–H groups in total. The molecule has 0 spiro atoms. The first-order chi connectivity index (χ1) is 11.4. The quantitative estimate of drug-likeness (QED) is 0.846. The minimum absolute atomic E-state index is 0.101. The van der Waals surface area contributed by atoms with Crippen molar-refractivity contribution in [3.63, 3.8) is 0 Å². The molecule has 1 aromatic carbocycles. The topological polar surface area (TPSA) is 51.0 Å². The molecule has 2 heterocycles. The van der Waals surface area contributed by atoms with Crippen LogP contribution in [0.25, 0.3) is 0 Å². The standard InChI is InChI=1S/C16H17F3N4O/c1-9-20-10(2)23(21-9)12-4-3-5-22(8-12)16(24)15-13(18)6-11(17)7-14(15)19/h6-7,12H,3-5,8H2,1-2H3. The molecule has 0 saturated carbocycles. The first-order valence-electron chi connectivity index (χ1n) is 7.70. The zero-order valence-electron chi connectivity index (χ0n) is 13.4. The molecule has 1 aliphatic rings. The third kappa shape index (κ3) is 3.00. The van der Waals surface area contributed by atoms with Gasteiger partial charge in [-0.25, -0.2) is 22.8 Å². The van der Waals surface area contributed by atoms with Crippen molar-refractivity contribution in [3.8, 4) is 0 Å². The molecule has 2 aromatic rings. The van der Waals surface area contributed by atoms with Gasteiger partial charge in [-0.1, -0.05) is 0 Å². The van der Waals surface area contributed by atoms with Gasteiger partial charge in [-0.05, 0) is 26.7 Å². The van der Waals surface area contributed by atoms with Gasteiger partial charge in [-0.3, -0.25) is 4.79 Å². The van der Waals surface area contributed by atoms with Gasteiger partial charge in [-0.15, -0.1) is 0 Å². The highest BCUT2D eigenvalue weighted by Crippen LogP contribution is 2.25. The van der Waals surface area contributed by atoms with Gasteiger partial charge in [0.25, 0.3) is 5.91 Å². The first-order valence-corrected chi connectivity index (χ1v) is 7.70. The summed E-state index contributed by atoms with van der Waals surface area (Å²) in [6, 6.07) is 0.932. The van der Waals surface area contributed by atoms with Crippen LogP contribution >= 0.6 is 0 Å². The molecule has 128 valence electrons. The maximum Gasteiger partial charge on any atom is 0.259 e. The lowest BCUT2D eigenvalue weighted by atomic mass is 10.0. The van der Waals surface area contributed by atoms with E-state index in [1.54, 1.807) is 11.6 Å². The number of amides is 1. The number of likely N-dealkylation sites (tertiary alicyclic amines) is 1. The smallest absolute Gasteiger partial charge is 0.259 e. The second-order valence-corrected chi connectivity index (χ2v) is 5.94. The number of aromatic nitrogens is 3. The Hall–Kier alpha value is -2.38. The average molecular weight is 338 g/mol. The molecule has 0 aliphatic carbocycles. The highest BCUT2D eigenvalue weighted by molar-refractivity contribution is 5.94.